The van der Waals surface area contributed by atoms with Crippen LogP contribution in [0.15, 0.2) is 72.9 Å². The minimum atomic E-state index is -0.103. The molecule has 0 spiro atoms. The lowest BCUT2D eigenvalue weighted by Crippen LogP contribution is -2.28. The van der Waals surface area contributed by atoms with Gasteiger partial charge in [0.2, 0.25) is 5.91 Å². The van der Waals surface area contributed by atoms with Crippen molar-refractivity contribution in [3.05, 3.63) is 84.2 Å². The van der Waals surface area contributed by atoms with E-state index in [9.17, 15) is 4.79 Å². The van der Waals surface area contributed by atoms with Crippen molar-refractivity contribution >= 4 is 36.4 Å². The summed E-state index contributed by atoms with van der Waals surface area (Å²) in [5.41, 5.74) is 2.85. The van der Waals surface area contributed by atoms with E-state index in [4.69, 9.17) is 4.74 Å². The van der Waals surface area contributed by atoms with E-state index < -0.39 is 0 Å². The van der Waals surface area contributed by atoms with Gasteiger partial charge in [-0.15, -0.1) is 24.8 Å². The van der Waals surface area contributed by atoms with Crippen molar-refractivity contribution in [1.29, 1.82) is 0 Å². The number of ether oxygens (including phenoxy) is 1. The van der Waals surface area contributed by atoms with Crippen molar-refractivity contribution in [1.82, 2.24) is 10.3 Å². The molecule has 7 heteroatoms. The normalized spacial score (nSPS) is 17.4. The van der Waals surface area contributed by atoms with Gasteiger partial charge < -0.3 is 15.4 Å². The number of carbonyl (C=O) groups excluding carboxylic acids is 1. The van der Waals surface area contributed by atoms with Gasteiger partial charge in [-0.1, -0.05) is 36.4 Å². The Kier molecular flexibility index (Phi) is 8.66. The summed E-state index contributed by atoms with van der Waals surface area (Å²) in [6, 6.07) is 21.4. The molecule has 4 rings (SSSR count). The Bertz CT molecular complexity index is 952. The first-order chi connectivity index (χ1) is 13.7. The molecule has 1 saturated heterocycles. The van der Waals surface area contributed by atoms with E-state index in [1.54, 1.807) is 6.20 Å². The van der Waals surface area contributed by atoms with Crippen molar-refractivity contribution in [2.75, 3.05) is 18.4 Å². The van der Waals surface area contributed by atoms with Crippen LogP contribution in [0.4, 0.5) is 5.69 Å². The van der Waals surface area contributed by atoms with Crippen LogP contribution in [0.5, 0.6) is 11.5 Å². The number of rotatable bonds is 5. The second kappa shape index (κ2) is 11.0. The predicted octanol–water partition coefficient (Wildman–Crippen LogP) is 4.97. The first-order valence-electron chi connectivity index (χ1n) is 9.46. The fourth-order valence-electron chi connectivity index (χ4n) is 3.53. The van der Waals surface area contributed by atoms with Crippen LogP contribution in [0.1, 0.15) is 17.2 Å². The Hall–Kier alpha value is -2.60. The molecule has 2 atom stereocenters. The van der Waals surface area contributed by atoms with Crippen LogP contribution in [-0.4, -0.2) is 24.0 Å². The molecule has 0 bridgehead atoms. The van der Waals surface area contributed by atoms with Gasteiger partial charge in [0.1, 0.15) is 11.5 Å². The highest BCUT2D eigenvalue weighted by atomic mass is 35.5. The highest BCUT2D eigenvalue weighted by molar-refractivity contribution is 5.93. The van der Waals surface area contributed by atoms with Gasteiger partial charge in [-0.25, -0.2) is 0 Å². The molecule has 0 aliphatic carbocycles. The Morgan fingerprint density at radius 1 is 1.00 bits per heavy atom. The van der Waals surface area contributed by atoms with Crippen LogP contribution in [-0.2, 0) is 4.79 Å². The second-order valence-electron chi connectivity index (χ2n) is 7.04. The van der Waals surface area contributed by atoms with E-state index in [1.165, 1.54) is 5.56 Å². The fraction of sp³-hybridized carbons (Fsp3) is 0.217. The summed E-state index contributed by atoms with van der Waals surface area (Å²) >= 11 is 0. The van der Waals surface area contributed by atoms with Crippen molar-refractivity contribution in [3.8, 4) is 11.5 Å². The largest absolute Gasteiger partial charge is 0.456 e. The minimum absolute atomic E-state index is 0. The molecular weight excluding hydrogens is 421 g/mol. The zero-order valence-electron chi connectivity index (χ0n) is 16.6. The quantitative estimate of drug-likeness (QED) is 0.581. The summed E-state index contributed by atoms with van der Waals surface area (Å²) in [7, 11) is 0. The maximum atomic E-state index is 12.9. The number of aromatic nitrogens is 1. The third-order valence-electron chi connectivity index (χ3n) is 5.00. The molecule has 1 aliphatic heterocycles. The summed E-state index contributed by atoms with van der Waals surface area (Å²) in [4.78, 5) is 17.1. The fourth-order valence-corrected chi connectivity index (χ4v) is 3.53. The summed E-state index contributed by atoms with van der Waals surface area (Å²) in [6.45, 7) is 3.42. The third-order valence-corrected chi connectivity index (χ3v) is 5.00. The molecule has 2 N–H and O–H groups in total. The van der Waals surface area contributed by atoms with Gasteiger partial charge in [0.25, 0.3) is 0 Å². The molecule has 1 amide bonds. The number of benzene rings is 2. The van der Waals surface area contributed by atoms with Gasteiger partial charge in [0.15, 0.2) is 0 Å². The van der Waals surface area contributed by atoms with Crippen LogP contribution in [0.2, 0.25) is 0 Å². The number of anilines is 1. The topological polar surface area (TPSA) is 63.2 Å². The average Bonchev–Trinajstić information content (AvgIpc) is 3.21. The van der Waals surface area contributed by atoms with E-state index >= 15 is 0 Å². The minimum Gasteiger partial charge on any atom is -0.456 e. The van der Waals surface area contributed by atoms with E-state index in [-0.39, 0.29) is 42.6 Å². The standard InChI is InChI=1S/C23H23N3O2.2ClH/c1-16-10-11-20(13-25-16)28-19-9-5-8-18(12-19)26-23(27)22-15-24-14-21(22)17-6-3-2-4-7-17;;/h2-13,21-22,24H,14-15H2,1H3,(H,26,27);2*1H/t21-,22+;;/m1../s1. The van der Waals surface area contributed by atoms with E-state index in [0.717, 1.165) is 17.9 Å². The lowest BCUT2D eigenvalue weighted by molar-refractivity contribution is -0.119. The Morgan fingerprint density at radius 2 is 1.80 bits per heavy atom. The van der Waals surface area contributed by atoms with Gasteiger partial charge in [0.05, 0.1) is 12.1 Å². The summed E-state index contributed by atoms with van der Waals surface area (Å²) in [6.07, 6.45) is 1.69. The second-order valence-corrected chi connectivity index (χ2v) is 7.04. The highest BCUT2D eigenvalue weighted by Gasteiger charge is 2.33. The van der Waals surface area contributed by atoms with E-state index in [0.29, 0.717) is 18.0 Å². The smallest absolute Gasteiger partial charge is 0.229 e. The Labute approximate surface area is 189 Å². The molecule has 0 saturated carbocycles. The maximum Gasteiger partial charge on any atom is 0.229 e. The lowest BCUT2D eigenvalue weighted by atomic mass is 9.88. The molecule has 5 nitrogen and oxygen atoms in total. The number of hydrogen-bond acceptors (Lipinski definition) is 4. The SMILES string of the molecule is Cc1ccc(Oc2cccc(NC(=O)[C@H]3CNC[C@@H]3c3ccccc3)c2)cn1.Cl.Cl. The number of nitrogens with zero attached hydrogens (tertiary/aromatic N) is 1. The van der Waals surface area contributed by atoms with Crippen LogP contribution >= 0.6 is 24.8 Å². The van der Waals surface area contributed by atoms with Crippen molar-refractivity contribution < 1.29 is 9.53 Å². The summed E-state index contributed by atoms with van der Waals surface area (Å²) in [5.74, 6) is 1.42. The molecule has 30 heavy (non-hydrogen) atoms. The molecule has 2 heterocycles. The Morgan fingerprint density at radius 3 is 2.53 bits per heavy atom. The number of hydrogen-bond donors (Lipinski definition) is 2. The monoisotopic (exact) mass is 445 g/mol. The van der Waals surface area contributed by atoms with Crippen LogP contribution in [0, 0.1) is 12.8 Å². The van der Waals surface area contributed by atoms with E-state index in [2.05, 4.69) is 27.8 Å². The van der Waals surface area contributed by atoms with Gasteiger partial charge in [-0.05, 0) is 36.8 Å². The number of pyridine rings is 1. The molecular formula is C23H25Cl2N3O2. The van der Waals surface area contributed by atoms with Crippen molar-refractivity contribution in [2.45, 2.75) is 12.8 Å². The molecule has 2 aromatic carbocycles. The molecule has 1 aromatic heterocycles. The zero-order valence-corrected chi connectivity index (χ0v) is 18.2. The molecule has 0 radical (unpaired) electrons. The number of carbonyl (C=O) groups is 1. The lowest BCUT2D eigenvalue weighted by Gasteiger charge is -2.19. The van der Waals surface area contributed by atoms with Crippen LogP contribution in [0.3, 0.4) is 0 Å². The summed E-state index contributed by atoms with van der Waals surface area (Å²) < 4.78 is 5.85. The van der Waals surface area contributed by atoms with Gasteiger partial charge in [-0.3, -0.25) is 9.78 Å². The molecule has 158 valence electrons. The Balaban J connectivity index is 0.00000160. The average molecular weight is 446 g/mol. The van der Waals surface area contributed by atoms with E-state index in [1.807, 2.05) is 61.5 Å². The maximum absolute atomic E-state index is 12.9. The molecule has 0 unspecified atom stereocenters. The molecule has 1 aliphatic rings. The van der Waals surface area contributed by atoms with Crippen molar-refractivity contribution in [2.24, 2.45) is 5.92 Å². The first-order valence-corrected chi connectivity index (χ1v) is 9.46. The molecule has 1 fully saturated rings. The van der Waals surface area contributed by atoms with Gasteiger partial charge >= 0.3 is 0 Å². The molecule has 3 aromatic rings. The number of aryl methyl sites for hydroxylation is 1. The number of halogens is 2. The summed E-state index contributed by atoms with van der Waals surface area (Å²) in [5, 5.41) is 6.39. The predicted molar refractivity (Wildman–Crippen MR) is 124 cm³/mol. The number of nitrogens with one attached hydrogen (secondary N) is 2. The van der Waals surface area contributed by atoms with Gasteiger partial charge in [0, 0.05) is 36.5 Å². The van der Waals surface area contributed by atoms with Gasteiger partial charge in [-0.2, -0.15) is 0 Å². The van der Waals surface area contributed by atoms with Crippen molar-refractivity contribution in [3.63, 3.8) is 0 Å². The number of amides is 1. The zero-order chi connectivity index (χ0) is 19.3. The first kappa shape index (κ1) is 23.7. The third kappa shape index (κ3) is 5.72. The highest BCUT2D eigenvalue weighted by Crippen LogP contribution is 2.30. The van der Waals surface area contributed by atoms with Crippen LogP contribution in [0.25, 0.3) is 0 Å². The van der Waals surface area contributed by atoms with Crippen LogP contribution < -0.4 is 15.4 Å².